The number of aliphatic hydroxyl groups excluding tert-OH is 5. The first kappa shape index (κ1) is 19.5. The van der Waals surface area contributed by atoms with Gasteiger partial charge in [0.15, 0.2) is 6.29 Å². The maximum Gasteiger partial charge on any atom is 0.334 e. The van der Waals surface area contributed by atoms with E-state index in [0.29, 0.717) is 0 Å². The van der Waals surface area contributed by atoms with E-state index < -0.39 is 67.5 Å². The van der Waals surface area contributed by atoms with Gasteiger partial charge in [-0.2, -0.15) is 0 Å². The predicted octanol–water partition coefficient (Wildman–Crippen LogP) is -2.24. The van der Waals surface area contributed by atoms with Crippen molar-refractivity contribution in [3.8, 4) is 0 Å². The molecule has 0 radical (unpaired) electrons. The molecule has 3 rings (SSSR count). The number of carboxylic acids is 1. The van der Waals surface area contributed by atoms with E-state index in [-0.39, 0.29) is 17.9 Å². The highest BCUT2D eigenvalue weighted by atomic mass is 16.8. The third kappa shape index (κ3) is 3.22. The SMILES string of the molecule is C[C@@H]1[C@@H]2[C@H](O[C@@H]3O[C@H](CO)[C@@H](O)[C@H](O)[C@H]3O)OC=C(C(=O)O)[C@H]2C[C@H]1O. The van der Waals surface area contributed by atoms with Gasteiger partial charge in [0.2, 0.25) is 6.29 Å². The molecule has 10 atom stereocenters. The van der Waals surface area contributed by atoms with Crippen molar-refractivity contribution in [2.24, 2.45) is 17.8 Å². The molecule has 3 aliphatic rings. The molecule has 0 unspecified atom stereocenters. The van der Waals surface area contributed by atoms with Crippen LogP contribution in [0.4, 0.5) is 0 Å². The van der Waals surface area contributed by atoms with Gasteiger partial charge in [-0.15, -0.1) is 0 Å². The van der Waals surface area contributed by atoms with Gasteiger partial charge in [0, 0.05) is 11.8 Å². The summed E-state index contributed by atoms with van der Waals surface area (Å²) < 4.78 is 16.3. The van der Waals surface area contributed by atoms with E-state index in [2.05, 4.69) is 0 Å². The van der Waals surface area contributed by atoms with Gasteiger partial charge in [-0.05, 0) is 12.3 Å². The summed E-state index contributed by atoms with van der Waals surface area (Å²) in [5.41, 5.74) is 0.0343. The number of carbonyl (C=O) groups is 1. The molecule has 0 bridgehead atoms. The molecule has 2 aliphatic heterocycles. The topological polar surface area (TPSA) is 166 Å². The highest BCUT2D eigenvalue weighted by Crippen LogP contribution is 2.47. The maximum atomic E-state index is 11.4. The number of aliphatic hydroxyl groups is 5. The number of hydrogen-bond acceptors (Lipinski definition) is 9. The van der Waals surface area contributed by atoms with Crippen LogP contribution in [0, 0.1) is 17.8 Å². The second kappa shape index (κ2) is 7.39. The Balaban J connectivity index is 1.79. The molecule has 0 aromatic heterocycles. The lowest BCUT2D eigenvalue weighted by atomic mass is 9.83. The first-order valence-electron chi connectivity index (χ1n) is 8.49. The first-order chi connectivity index (χ1) is 12.3. The zero-order valence-electron chi connectivity index (χ0n) is 14.1. The lowest BCUT2D eigenvalue weighted by Gasteiger charge is -2.43. The Morgan fingerprint density at radius 3 is 2.50 bits per heavy atom. The Bertz CT molecular complexity index is 563. The molecule has 26 heavy (non-hydrogen) atoms. The van der Waals surface area contributed by atoms with Gasteiger partial charge < -0.3 is 44.8 Å². The zero-order valence-corrected chi connectivity index (χ0v) is 14.1. The fourth-order valence-electron chi connectivity index (χ4n) is 3.99. The summed E-state index contributed by atoms with van der Waals surface area (Å²) in [6.07, 6.45) is -7.71. The summed E-state index contributed by atoms with van der Waals surface area (Å²) in [6.45, 7) is 1.15. The standard InChI is InChI=1S/C16H24O10/c1-5-8(18)2-6-7(14(22)23)4-24-15(10(5)6)26-16-13(21)12(20)11(19)9(3-17)25-16/h4-6,8-13,15-21H,2-3H2,1H3,(H,22,23)/t5-,6+,8+,9+,10-,11+,12-,13+,15-,16-/m0/s1. The zero-order chi connectivity index (χ0) is 19.2. The van der Waals surface area contributed by atoms with Crippen LogP contribution in [0.2, 0.25) is 0 Å². The van der Waals surface area contributed by atoms with Crippen LogP contribution in [0.25, 0.3) is 0 Å². The van der Waals surface area contributed by atoms with Crippen LogP contribution in [0.15, 0.2) is 11.8 Å². The van der Waals surface area contributed by atoms with Crippen LogP contribution >= 0.6 is 0 Å². The van der Waals surface area contributed by atoms with Gasteiger partial charge in [-0.1, -0.05) is 6.92 Å². The Morgan fingerprint density at radius 2 is 1.88 bits per heavy atom. The van der Waals surface area contributed by atoms with Crippen molar-refractivity contribution >= 4 is 5.97 Å². The van der Waals surface area contributed by atoms with E-state index in [0.717, 1.165) is 6.26 Å². The monoisotopic (exact) mass is 376 g/mol. The fourth-order valence-corrected chi connectivity index (χ4v) is 3.99. The number of aliphatic carboxylic acids is 1. The molecule has 148 valence electrons. The summed E-state index contributed by atoms with van der Waals surface area (Å²) in [6, 6.07) is 0. The second-order valence-electron chi connectivity index (χ2n) is 7.06. The molecule has 1 aliphatic carbocycles. The molecule has 0 spiro atoms. The van der Waals surface area contributed by atoms with Crippen molar-refractivity contribution in [2.75, 3.05) is 6.61 Å². The summed E-state index contributed by atoms with van der Waals surface area (Å²) in [5.74, 6) is -2.49. The van der Waals surface area contributed by atoms with E-state index in [1.54, 1.807) is 6.92 Å². The molecule has 0 amide bonds. The van der Waals surface area contributed by atoms with Crippen molar-refractivity contribution in [2.45, 2.75) is 56.4 Å². The van der Waals surface area contributed by atoms with Gasteiger partial charge in [-0.25, -0.2) is 4.79 Å². The number of hydrogen-bond donors (Lipinski definition) is 6. The van der Waals surface area contributed by atoms with Gasteiger partial charge in [0.25, 0.3) is 0 Å². The van der Waals surface area contributed by atoms with Crippen molar-refractivity contribution in [3.05, 3.63) is 11.8 Å². The quantitative estimate of drug-likeness (QED) is 0.316. The lowest BCUT2D eigenvalue weighted by molar-refractivity contribution is -0.342. The predicted molar refractivity (Wildman–Crippen MR) is 82.2 cm³/mol. The molecule has 6 N–H and O–H groups in total. The van der Waals surface area contributed by atoms with Crippen LogP contribution in [-0.4, -0.2) is 86.3 Å². The highest BCUT2D eigenvalue weighted by Gasteiger charge is 2.53. The number of ether oxygens (including phenoxy) is 3. The number of rotatable bonds is 4. The van der Waals surface area contributed by atoms with Crippen molar-refractivity contribution < 1.29 is 49.6 Å². The molecular weight excluding hydrogens is 352 g/mol. The second-order valence-corrected chi connectivity index (χ2v) is 7.06. The van der Waals surface area contributed by atoms with E-state index in [4.69, 9.17) is 14.2 Å². The van der Waals surface area contributed by atoms with E-state index in [1.807, 2.05) is 0 Å². The smallest absolute Gasteiger partial charge is 0.334 e. The third-order valence-corrected chi connectivity index (χ3v) is 5.58. The fraction of sp³-hybridized carbons (Fsp3) is 0.812. The molecule has 0 aromatic rings. The molecule has 10 nitrogen and oxygen atoms in total. The van der Waals surface area contributed by atoms with Crippen molar-refractivity contribution in [3.63, 3.8) is 0 Å². The van der Waals surface area contributed by atoms with E-state index in [9.17, 15) is 35.4 Å². The average Bonchev–Trinajstić information content (AvgIpc) is 2.90. The van der Waals surface area contributed by atoms with Crippen LogP contribution < -0.4 is 0 Å². The lowest BCUT2D eigenvalue weighted by Crippen LogP contribution is -2.60. The van der Waals surface area contributed by atoms with Gasteiger partial charge in [0.05, 0.1) is 24.5 Å². The molecule has 1 saturated carbocycles. The number of fused-ring (bicyclic) bond motifs is 1. The Hall–Kier alpha value is -1.27. The Morgan fingerprint density at radius 1 is 1.19 bits per heavy atom. The highest BCUT2D eigenvalue weighted by molar-refractivity contribution is 5.87. The summed E-state index contributed by atoms with van der Waals surface area (Å²) in [4.78, 5) is 11.4. The summed E-state index contributed by atoms with van der Waals surface area (Å²) in [7, 11) is 0. The first-order valence-corrected chi connectivity index (χ1v) is 8.49. The summed E-state index contributed by atoms with van der Waals surface area (Å²) >= 11 is 0. The van der Waals surface area contributed by atoms with Crippen molar-refractivity contribution in [1.29, 1.82) is 0 Å². The third-order valence-electron chi connectivity index (χ3n) is 5.58. The van der Waals surface area contributed by atoms with Gasteiger partial charge in [-0.3, -0.25) is 0 Å². The maximum absolute atomic E-state index is 11.4. The minimum atomic E-state index is -1.60. The Labute approximate surface area is 149 Å². The van der Waals surface area contributed by atoms with E-state index >= 15 is 0 Å². The van der Waals surface area contributed by atoms with Crippen molar-refractivity contribution in [1.82, 2.24) is 0 Å². The summed E-state index contributed by atoms with van der Waals surface area (Å²) in [5, 5.41) is 58.5. The molecule has 0 aromatic carbocycles. The molecule has 1 saturated heterocycles. The van der Waals surface area contributed by atoms with Crippen LogP contribution in [0.5, 0.6) is 0 Å². The van der Waals surface area contributed by atoms with Gasteiger partial charge >= 0.3 is 5.97 Å². The number of carboxylic acid groups (broad SMARTS) is 1. The van der Waals surface area contributed by atoms with Crippen LogP contribution in [0.1, 0.15) is 13.3 Å². The largest absolute Gasteiger partial charge is 0.478 e. The van der Waals surface area contributed by atoms with E-state index in [1.165, 1.54) is 0 Å². The molecular formula is C16H24O10. The molecule has 10 heteroatoms. The van der Waals surface area contributed by atoms with Gasteiger partial charge in [0.1, 0.15) is 24.4 Å². The Kier molecular flexibility index (Phi) is 5.54. The normalized spacial score (nSPS) is 48.5. The van der Waals surface area contributed by atoms with Crippen LogP contribution in [-0.2, 0) is 19.0 Å². The molecule has 2 fully saturated rings. The average molecular weight is 376 g/mol. The molecule has 2 heterocycles. The minimum Gasteiger partial charge on any atom is -0.478 e. The minimum absolute atomic E-state index is 0.0343. The van der Waals surface area contributed by atoms with Crippen LogP contribution in [0.3, 0.4) is 0 Å².